The Kier molecular flexibility index (Phi) is 2.60. The maximum atomic E-state index is 9.77. The molecule has 0 radical (unpaired) electrons. The van der Waals surface area contributed by atoms with E-state index in [0.29, 0.717) is 6.54 Å². The molecule has 1 heterocycles. The van der Waals surface area contributed by atoms with Crippen LogP contribution in [0.3, 0.4) is 0 Å². The number of benzene rings is 1. The third-order valence-electron chi connectivity index (χ3n) is 2.51. The third kappa shape index (κ3) is 1.68. The summed E-state index contributed by atoms with van der Waals surface area (Å²) in [5, 5.41) is 15.2. The highest BCUT2D eigenvalue weighted by Crippen LogP contribution is 2.26. The second kappa shape index (κ2) is 3.90. The van der Waals surface area contributed by atoms with Gasteiger partial charge in [0.2, 0.25) is 0 Å². The maximum Gasteiger partial charge on any atom is 0.141 e. The van der Waals surface area contributed by atoms with Crippen LogP contribution in [0.4, 0.5) is 0 Å². The molecule has 0 fully saturated rings. The van der Waals surface area contributed by atoms with Crippen molar-refractivity contribution in [1.29, 1.82) is 0 Å². The second-order valence-corrected chi connectivity index (χ2v) is 3.62. The minimum atomic E-state index is 0.283. The zero-order chi connectivity index (χ0) is 10.8. The number of rotatable bonds is 3. The van der Waals surface area contributed by atoms with Gasteiger partial charge in [0.25, 0.3) is 0 Å². The summed E-state index contributed by atoms with van der Waals surface area (Å²) in [6.07, 6.45) is 0.866. The Balaban J connectivity index is 2.54. The van der Waals surface area contributed by atoms with Crippen LogP contribution in [0.2, 0.25) is 0 Å². The molecule has 80 valence electrons. The van der Waals surface area contributed by atoms with Gasteiger partial charge in [-0.25, -0.2) is 0 Å². The van der Waals surface area contributed by atoms with Crippen LogP contribution in [0.25, 0.3) is 10.9 Å². The van der Waals surface area contributed by atoms with Crippen molar-refractivity contribution in [1.82, 2.24) is 9.78 Å². The van der Waals surface area contributed by atoms with E-state index >= 15 is 0 Å². The molecular formula is C11H15N3O. The van der Waals surface area contributed by atoms with E-state index in [4.69, 9.17) is 5.73 Å². The number of aryl methyl sites for hydroxylation is 2. The summed E-state index contributed by atoms with van der Waals surface area (Å²) < 4.78 is 1.83. The lowest BCUT2D eigenvalue weighted by Gasteiger charge is -2.02. The molecule has 4 nitrogen and oxygen atoms in total. The van der Waals surface area contributed by atoms with Gasteiger partial charge in [-0.3, -0.25) is 4.68 Å². The monoisotopic (exact) mass is 205 g/mol. The van der Waals surface area contributed by atoms with E-state index in [1.54, 1.807) is 6.07 Å². The van der Waals surface area contributed by atoms with Crippen molar-refractivity contribution < 1.29 is 5.11 Å². The van der Waals surface area contributed by atoms with Gasteiger partial charge in [-0.2, -0.15) is 5.10 Å². The van der Waals surface area contributed by atoms with Crippen LogP contribution in [0.5, 0.6) is 5.75 Å². The predicted molar refractivity (Wildman–Crippen MR) is 59.8 cm³/mol. The standard InChI is InChI=1S/C11H15N3O/c1-8-9-4-2-5-10(15)11(9)14(13-8)7-3-6-12/h2,4-5,15H,3,6-7,12H2,1H3. The van der Waals surface area contributed by atoms with E-state index in [2.05, 4.69) is 5.10 Å². The average molecular weight is 205 g/mol. The summed E-state index contributed by atoms with van der Waals surface area (Å²) in [6.45, 7) is 3.33. The van der Waals surface area contributed by atoms with Crippen molar-refractivity contribution in [3.63, 3.8) is 0 Å². The minimum absolute atomic E-state index is 0.283. The summed E-state index contributed by atoms with van der Waals surface area (Å²) in [6, 6.07) is 5.48. The van der Waals surface area contributed by atoms with Gasteiger partial charge >= 0.3 is 0 Å². The van der Waals surface area contributed by atoms with Crippen molar-refractivity contribution in [2.75, 3.05) is 6.54 Å². The molecule has 2 rings (SSSR count). The van der Waals surface area contributed by atoms with E-state index < -0.39 is 0 Å². The van der Waals surface area contributed by atoms with Crippen molar-refractivity contribution in [2.24, 2.45) is 5.73 Å². The van der Waals surface area contributed by atoms with Gasteiger partial charge < -0.3 is 10.8 Å². The highest BCUT2D eigenvalue weighted by Gasteiger charge is 2.09. The number of aromatic hydroxyl groups is 1. The van der Waals surface area contributed by atoms with Crippen molar-refractivity contribution >= 4 is 10.9 Å². The topological polar surface area (TPSA) is 64.1 Å². The molecule has 1 aromatic heterocycles. The molecule has 0 saturated heterocycles. The van der Waals surface area contributed by atoms with Crippen LogP contribution < -0.4 is 5.73 Å². The summed E-state index contributed by atoms with van der Waals surface area (Å²) in [5.74, 6) is 0.283. The molecule has 0 aliphatic heterocycles. The first kappa shape index (κ1) is 9.98. The quantitative estimate of drug-likeness (QED) is 0.796. The molecule has 0 atom stereocenters. The van der Waals surface area contributed by atoms with Crippen LogP contribution in [0.1, 0.15) is 12.1 Å². The second-order valence-electron chi connectivity index (χ2n) is 3.62. The molecule has 0 aliphatic rings. The smallest absolute Gasteiger partial charge is 0.141 e. The van der Waals surface area contributed by atoms with E-state index in [1.807, 2.05) is 23.7 Å². The van der Waals surface area contributed by atoms with Gasteiger partial charge in [0.15, 0.2) is 0 Å². The maximum absolute atomic E-state index is 9.77. The minimum Gasteiger partial charge on any atom is -0.506 e. The first-order valence-electron chi connectivity index (χ1n) is 5.09. The molecule has 0 amide bonds. The number of para-hydroxylation sites is 1. The van der Waals surface area contributed by atoms with Gasteiger partial charge in [0.1, 0.15) is 11.3 Å². The Morgan fingerprint density at radius 3 is 3.00 bits per heavy atom. The average Bonchev–Trinajstić information content (AvgIpc) is 2.55. The number of phenolic OH excluding ortho intramolecular Hbond substituents is 1. The highest BCUT2D eigenvalue weighted by atomic mass is 16.3. The van der Waals surface area contributed by atoms with Gasteiger partial charge in [0.05, 0.1) is 5.69 Å². The number of fused-ring (bicyclic) bond motifs is 1. The molecule has 0 saturated carbocycles. The van der Waals surface area contributed by atoms with Crippen LogP contribution in [-0.4, -0.2) is 21.4 Å². The normalized spacial score (nSPS) is 11.1. The summed E-state index contributed by atoms with van der Waals surface area (Å²) >= 11 is 0. The Morgan fingerprint density at radius 1 is 1.47 bits per heavy atom. The zero-order valence-electron chi connectivity index (χ0n) is 8.77. The number of hydrogen-bond donors (Lipinski definition) is 2. The van der Waals surface area contributed by atoms with E-state index in [9.17, 15) is 5.11 Å². The van der Waals surface area contributed by atoms with Crippen LogP contribution in [-0.2, 0) is 6.54 Å². The fourth-order valence-electron chi connectivity index (χ4n) is 1.78. The largest absolute Gasteiger partial charge is 0.506 e. The Morgan fingerprint density at radius 2 is 2.27 bits per heavy atom. The van der Waals surface area contributed by atoms with E-state index in [-0.39, 0.29) is 5.75 Å². The van der Waals surface area contributed by atoms with Gasteiger partial charge in [-0.15, -0.1) is 0 Å². The Hall–Kier alpha value is -1.55. The number of aromatic nitrogens is 2. The van der Waals surface area contributed by atoms with E-state index in [0.717, 1.165) is 29.6 Å². The molecule has 0 unspecified atom stereocenters. The predicted octanol–water partition coefficient (Wildman–Crippen LogP) is 1.40. The van der Waals surface area contributed by atoms with Crippen molar-refractivity contribution in [2.45, 2.75) is 19.9 Å². The molecule has 4 heteroatoms. The molecule has 3 N–H and O–H groups in total. The molecule has 0 spiro atoms. The first-order chi connectivity index (χ1) is 7.24. The van der Waals surface area contributed by atoms with Gasteiger partial charge in [-0.1, -0.05) is 12.1 Å². The lowest BCUT2D eigenvalue weighted by Crippen LogP contribution is -2.06. The lowest BCUT2D eigenvalue weighted by atomic mass is 10.2. The first-order valence-corrected chi connectivity index (χ1v) is 5.09. The highest BCUT2D eigenvalue weighted by molar-refractivity contribution is 5.86. The summed E-state index contributed by atoms with van der Waals surface area (Å²) in [5.41, 5.74) is 7.21. The Labute approximate surface area is 88.3 Å². The zero-order valence-corrected chi connectivity index (χ0v) is 8.77. The number of hydrogen-bond acceptors (Lipinski definition) is 3. The Bertz CT molecular complexity index is 476. The van der Waals surface area contributed by atoms with Crippen LogP contribution in [0.15, 0.2) is 18.2 Å². The number of phenols is 1. The summed E-state index contributed by atoms with van der Waals surface area (Å²) in [4.78, 5) is 0. The molecule has 15 heavy (non-hydrogen) atoms. The fourth-order valence-corrected chi connectivity index (χ4v) is 1.78. The number of nitrogens with two attached hydrogens (primary N) is 1. The molecule has 2 aromatic rings. The van der Waals surface area contributed by atoms with Gasteiger partial charge in [0, 0.05) is 11.9 Å². The third-order valence-corrected chi connectivity index (χ3v) is 2.51. The molecule has 1 aromatic carbocycles. The van der Waals surface area contributed by atoms with Crippen LogP contribution in [0, 0.1) is 6.92 Å². The van der Waals surface area contributed by atoms with Crippen molar-refractivity contribution in [3.8, 4) is 5.75 Å². The number of nitrogens with zero attached hydrogens (tertiary/aromatic N) is 2. The fraction of sp³-hybridized carbons (Fsp3) is 0.364. The van der Waals surface area contributed by atoms with E-state index in [1.165, 1.54) is 0 Å². The SMILES string of the molecule is Cc1nn(CCCN)c2c(O)cccc12. The van der Waals surface area contributed by atoms with Crippen LogP contribution >= 0.6 is 0 Å². The van der Waals surface area contributed by atoms with Gasteiger partial charge in [-0.05, 0) is 26.0 Å². The molecule has 0 bridgehead atoms. The molecule has 0 aliphatic carbocycles. The lowest BCUT2D eigenvalue weighted by molar-refractivity contribution is 0.474. The molecular weight excluding hydrogens is 190 g/mol. The van der Waals surface area contributed by atoms with Crippen molar-refractivity contribution in [3.05, 3.63) is 23.9 Å². The summed E-state index contributed by atoms with van der Waals surface area (Å²) in [7, 11) is 0.